The molecule has 0 unspecified atom stereocenters. The van der Waals surface area contributed by atoms with Crippen molar-refractivity contribution in [3.63, 3.8) is 0 Å². The Morgan fingerprint density at radius 3 is 0.444 bits per heavy atom. The molecule has 90 heavy (non-hydrogen) atoms. The lowest BCUT2D eigenvalue weighted by Gasteiger charge is -2.05. The minimum Gasteiger partial charge on any atom is -0.417 e. The summed E-state index contributed by atoms with van der Waals surface area (Å²) >= 11 is 0. The highest BCUT2D eigenvalue weighted by Gasteiger charge is 2.10. The molecule has 23 heteroatoms. The molecule has 0 radical (unpaired) electrons. The second-order valence-electron chi connectivity index (χ2n) is 18.6. The predicted octanol–water partition coefficient (Wildman–Crippen LogP) is 12.4. The molecule has 8 aromatic heterocycles. The quantitative estimate of drug-likeness (QED) is 0.0698. The molecule has 16 aromatic rings. The van der Waals surface area contributed by atoms with Crippen LogP contribution in [0.3, 0.4) is 0 Å². The average Bonchev–Trinajstić information content (AvgIpc) is 2.08. The van der Waals surface area contributed by atoms with E-state index in [1.165, 1.54) is 0 Å². The van der Waals surface area contributed by atoms with Gasteiger partial charge >= 0.3 is 0 Å². The Kier molecular flexibility index (Phi) is 17.5. The van der Waals surface area contributed by atoms with E-state index in [0.29, 0.717) is 47.0 Å². The zero-order chi connectivity index (χ0) is 61.3. The molecule has 0 aliphatic carbocycles. The van der Waals surface area contributed by atoms with E-state index in [9.17, 15) is 4.79 Å². The molecule has 16 rings (SSSR count). The lowest BCUT2D eigenvalue weighted by molar-refractivity contribution is -0.135. The van der Waals surface area contributed by atoms with Gasteiger partial charge in [0.05, 0.1) is 138 Å². The number of nitrogens with zero attached hydrogens (tertiary/aromatic N) is 16. The fourth-order valence-corrected chi connectivity index (χ4v) is 8.37. The summed E-state index contributed by atoms with van der Waals surface area (Å²) in [7, 11) is 0. The maximum atomic E-state index is 9.44. The van der Waals surface area contributed by atoms with Gasteiger partial charge in [0, 0.05) is 0 Å². The molecule has 8 heterocycles. The van der Waals surface area contributed by atoms with Crippen LogP contribution in [0.2, 0.25) is 0 Å². The van der Waals surface area contributed by atoms with Crippen molar-refractivity contribution in [3.05, 3.63) is 244 Å². The molecule has 0 fully saturated rings. The largest absolute Gasteiger partial charge is 0.417 e. The van der Waals surface area contributed by atoms with Gasteiger partial charge in [0.1, 0.15) is 0 Å². The van der Waals surface area contributed by atoms with E-state index in [0.717, 1.165) is 88.3 Å². The second-order valence-corrected chi connectivity index (χ2v) is 18.6. The van der Waals surface area contributed by atoms with Crippen molar-refractivity contribution in [2.24, 2.45) is 0 Å². The van der Waals surface area contributed by atoms with Crippen LogP contribution >= 0.6 is 0 Å². The summed E-state index contributed by atoms with van der Waals surface area (Å²) in [6, 6.07) is 61.0. The van der Waals surface area contributed by atoms with E-state index >= 15 is 0 Å². The third-order valence-electron chi connectivity index (χ3n) is 12.5. The van der Waals surface area contributed by atoms with Gasteiger partial charge in [-0.15, -0.1) is 0 Å². The number of para-hydroxylation sites is 16. The number of Topliss-reactive ketones (excluding diaryl/α,β-unsaturated/α-hetero) is 1. The van der Waals surface area contributed by atoms with Gasteiger partial charge in [-0.25, -0.2) is 79.7 Å². The summed E-state index contributed by atoms with van der Waals surface area (Å²) in [4.78, 5) is 97.4. The first-order chi connectivity index (χ1) is 44.3. The zero-order valence-electron chi connectivity index (χ0n) is 46.8. The smallest absolute Gasteiger partial charge is 0.257 e. The number of carbonyl (C=O) groups excluding carboxylic acids is 3. The number of hydrogen-bond donors (Lipinski definition) is 0. The summed E-state index contributed by atoms with van der Waals surface area (Å²) in [5.74, 6) is 2.19. The lowest BCUT2D eigenvalue weighted by Crippen LogP contribution is -1.97. The molecule has 0 atom stereocenters. The number of carbonyl (C=O) groups is 3. The third kappa shape index (κ3) is 14.6. The molecule has 0 aliphatic rings. The van der Waals surface area contributed by atoms with E-state index < -0.39 is 5.78 Å². The first-order valence-electron chi connectivity index (χ1n) is 27.2. The van der Waals surface area contributed by atoms with E-state index in [1.54, 1.807) is 49.6 Å². The van der Waals surface area contributed by atoms with Gasteiger partial charge in [0.2, 0.25) is 47.0 Å². The SMILES string of the molecule is O=CC(=O)C=O.c1ccc2nc(Oc3cnc4ccccc4n3)cnc2c1.c1ccc2nc(Oc3cnc4ccccc4n3)cnc2c1.c1ccc2nc(Oc3cnc4ccccc4n3)cnc2c1.c1ccc2nc(Oc3cnc4ccccc4n3)cnc2c1. The Morgan fingerprint density at radius 1 is 0.211 bits per heavy atom. The Morgan fingerprint density at radius 2 is 0.333 bits per heavy atom. The molecule has 0 aliphatic heterocycles. The van der Waals surface area contributed by atoms with Gasteiger partial charge in [-0.1, -0.05) is 97.1 Å². The molecule has 0 N–H and O–H groups in total. The molecule has 23 nitrogen and oxygen atoms in total. The average molecular weight is 1180 g/mol. The van der Waals surface area contributed by atoms with Crippen molar-refractivity contribution >= 4 is 107 Å². The minimum absolute atomic E-state index is 0.0347. The van der Waals surface area contributed by atoms with Gasteiger partial charge in [-0.2, -0.15) is 0 Å². The van der Waals surface area contributed by atoms with Gasteiger partial charge < -0.3 is 18.9 Å². The van der Waals surface area contributed by atoms with E-state index in [2.05, 4.69) is 79.7 Å². The van der Waals surface area contributed by atoms with Crippen molar-refractivity contribution < 1.29 is 33.3 Å². The number of ether oxygens (including phenoxy) is 4. The molecule has 8 aromatic carbocycles. The standard InChI is InChI=1S/4C16H10N4O.C3H2O3/c4*1-3-7-13-11(5-1)17-9-15(19-13)21-16-10-18-12-6-2-4-8-14(12)20-16;4-1-3(6)2-5/h4*1-10H;1-2H. The molecule has 0 saturated carbocycles. The first kappa shape index (κ1) is 57.1. The van der Waals surface area contributed by atoms with Gasteiger partial charge in [-0.05, 0) is 97.1 Å². The Hall–Kier alpha value is -13.3. The fraction of sp³-hybridized carbons (Fsp3) is 0. The maximum absolute atomic E-state index is 9.44. The number of ketones is 1. The summed E-state index contributed by atoms with van der Waals surface area (Å²) in [6.07, 6.45) is 12.6. The second kappa shape index (κ2) is 27.6. The van der Waals surface area contributed by atoms with Crippen LogP contribution in [-0.2, 0) is 14.4 Å². The highest BCUT2D eigenvalue weighted by atomic mass is 16.5. The normalized spacial score (nSPS) is 10.6. The van der Waals surface area contributed by atoms with E-state index in [1.807, 2.05) is 194 Å². The number of hydrogen-bond acceptors (Lipinski definition) is 23. The highest BCUT2D eigenvalue weighted by Crippen LogP contribution is 2.25. The summed E-state index contributed by atoms with van der Waals surface area (Å²) in [6.45, 7) is 0. The van der Waals surface area contributed by atoms with Crippen LogP contribution in [0.4, 0.5) is 0 Å². The monoisotopic (exact) mass is 1180 g/mol. The fourth-order valence-electron chi connectivity index (χ4n) is 8.37. The Balaban J connectivity index is 0.000000113. The van der Waals surface area contributed by atoms with Crippen LogP contribution in [0.25, 0.3) is 88.3 Å². The molecule has 0 amide bonds. The Labute approximate surface area is 508 Å². The maximum Gasteiger partial charge on any atom is 0.257 e. The summed E-state index contributed by atoms with van der Waals surface area (Å²) in [5.41, 5.74) is 12.9. The molecular formula is C67H42N16O7. The predicted molar refractivity (Wildman–Crippen MR) is 334 cm³/mol. The number of benzene rings is 8. The van der Waals surface area contributed by atoms with Crippen molar-refractivity contribution in [2.45, 2.75) is 0 Å². The lowest BCUT2D eigenvalue weighted by atomic mass is 10.3. The van der Waals surface area contributed by atoms with Crippen LogP contribution in [0.15, 0.2) is 244 Å². The van der Waals surface area contributed by atoms with Crippen molar-refractivity contribution in [1.82, 2.24) is 79.7 Å². The zero-order valence-corrected chi connectivity index (χ0v) is 46.8. The van der Waals surface area contributed by atoms with Crippen molar-refractivity contribution in [1.29, 1.82) is 0 Å². The first-order valence-corrected chi connectivity index (χ1v) is 27.2. The third-order valence-corrected chi connectivity index (χ3v) is 12.5. The van der Waals surface area contributed by atoms with Crippen molar-refractivity contribution in [3.8, 4) is 47.0 Å². The van der Waals surface area contributed by atoms with Crippen LogP contribution in [0, 0.1) is 0 Å². The van der Waals surface area contributed by atoms with Crippen molar-refractivity contribution in [2.75, 3.05) is 0 Å². The number of rotatable bonds is 10. The molecule has 432 valence electrons. The van der Waals surface area contributed by atoms with Crippen LogP contribution < -0.4 is 18.9 Å². The number of aromatic nitrogens is 16. The van der Waals surface area contributed by atoms with E-state index in [4.69, 9.17) is 28.5 Å². The molecule has 0 spiro atoms. The van der Waals surface area contributed by atoms with E-state index in [-0.39, 0.29) is 12.6 Å². The summed E-state index contributed by atoms with van der Waals surface area (Å²) in [5, 5.41) is 0. The van der Waals surface area contributed by atoms with Gasteiger partial charge in [0.15, 0.2) is 12.6 Å². The molecular weight excluding hydrogens is 1140 g/mol. The molecule has 0 saturated heterocycles. The molecule has 0 bridgehead atoms. The van der Waals surface area contributed by atoms with Crippen LogP contribution in [0.1, 0.15) is 0 Å². The summed E-state index contributed by atoms with van der Waals surface area (Å²) < 4.78 is 22.6. The topological polar surface area (TPSA) is 294 Å². The highest BCUT2D eigenvalue weighted by molar-refractivity contribution is 6.50. The van der Waals surface area contributed by atoms with Crippen LogP contribution in [0.5, 0.6) is 47.0 Å². The number of fused-ring (bicyclic) bond motifs is 8. The van der Waals surface area contributed by atoms with Crippen LogP contribution in [-0.4, -0.2) is 98.1 Å². The Bertz CT molecular complexity index is 4300. The van der Waals surface area contributed by atoms with Gasteiger partial charge in [0.25, 0.3) is 5.78 Å². The minimum atomic E-state index is -1.02. The number of aldehydes is 2. The van der Waals surface area contributed by atoms with Gasteiger partial charge in [-0.3, -0.25) is 14.4 Å².